The van der Waals surface area contributed by atoms with Gasteiger partial charge >= 0.3 is 0 Å². The van der Waals surface area contributed by atoms with Gasteiger partial charge in [-0.15, -0.1) is 11.6 Å². The van der Waals surface area contributed by atoms with Crippen LogP contribution in [0, 0.1) is 5.41 Å². The first kappa shape index (κ1) is 12.6. The SMILES string of the molecule is CN1CCOC(CNC2CC(Cl)C2(C)C)C1. The van der Waals surface area contributed by atoms with Crippen molar-refractivity contribution >= 4 is 11.6 Å². The molecule has 3 atom stereocenters. The van der Waals surface area contributed by atoms with Gasteiger partial charge in [0.25, 0.3) is 0 Å². The van der Waals surface area contributed by atoms with E-state index in [1.54, 1.807) is 0 Å². The van der Waals surface area contributed by atoms with Crippen LogP contribution in [0.4, 0.5) is 0 Å². The van der Waals surface area contributed by atoms with Crippen LogP contribution in [-0.2, 0) is 4.74 Å². The van der Waals surface area contributed by atoms with Crippen molar-refractivity contribution in [1.29, 1.82) is 0 Å². The fourth-order valence-corrected chi connectivity index (χ4v) is 2.81. The van der Waals surface area contributed by atoms with Gasteiger partial charge in [0.05, 0.1) is 12.7 Å². The molecule has 1 aliphatic carbocycles. The third-order valence-corrected chi connectivity index (χ3v) is 4.82. The summed E-state index contributed by atoms with van der Waals surface area (Å²) in [5.74, 6) is 0. The molecule has 0 amide bonds. The van der Waals surface area contributed by atoms with E-state index in [0.717, 1.165) is 32.7 Å². The molecular formula is C12H23ClN2O. The molecule has 4 heteroatoms. The third kappa shape index (κ3) is 2.53. The van der Waals surface area contributed by atoms with Gasteiger partial charge < -0.3 is 15.0 Å². The number of halogens is 1. The molecule has 1 heterocycles. The highest BCUT2D eigenvalue weighted by atomic mass is 35.5. The Morgan fingerprint density at radius 3 is 2.81 bits per heavy atom. The number of morpholine rings is 1. The van der Waals surface area contributed by atoms with Crippen LogP contribution in [-0.4, -0.2) is 55.7 Å². The van der Waals surface area contributed by atoms with Crippen LogP contribution in [0.1, 0.15) is 20.3 Å². The number of ether oxygens (including phenoxy) is 1. The minimum absolute atomic E-state index is 0.224. The van der Waals surface area contributed by atoms with Crippen LogP contribution >= 0.6 is 11.6 Å². The van der Waals surface area contributed by atoms with Crippen LogP contribution in [0.3, 0.4) is 0 Å². The Morgan fingerprint density at radius 1 is 1.50 bits per heavy atom. The maximum atomic E-state index is 6.20. The molecular weight excluding hydrogens is 224 g/mol. The summed E-state index contributed by atoms with van der Waals surface area (Å²) in [6, 6.07) is 0.547. The molecule has 2 rings (SSSR count). The van der Waals surface area contributed by atoms with Crippen molar-refractivity contribution in [1.82, 2.24) is 10.2 Å². The fraction of sp³-hybridized carbons (Fsp3) is 1.00. The van der Waals surface area contributed by atoms with Gasteiger partial charge in [-0.25, -0.2) is 0 Å². The number of hydrogen-bond donors (Lipinski definition) is 1. The highest BCUT2D eigenvalue weighted by Gasteiger charge is 2.46. The summed E-state index contributed by atoms with van der Waals surface area (Å²) in [6.07, 6.45) is 1.42. The monoisotopic (exact) mass is 246 g/mol. The summed E-state index contributed by atoms with van der Waals surface area (Å²) >= 11 is 6.20. The standard InChI is InChI=1S/C12H23ClN2O/c1-12(2)10(13)6-11(12)14-7-9-8-15(3)4-5-16-9/h9-11,14H,4-8H2,1-3H3. The predicted molar refractivity (Wildman–Crippen MR) is 67.1 cm³/mol. The van der Waals surface area contributed by atoms with Crippen LogP contribution in [0.5, 0.6) is 0 Å². The topological polar surface area (TPSA) is 24.5 Å². The van der Waals surface area contributed by atoms with E-state index in [-0.39, 0.29) is 5.41 Å². The Labute approximate surface area is 103 Å². The predicted octanol–water partition coefficient (Wildman–Crippen LogP) is 1.31. The molecule has 16 heavy (non-hydrogen) atoms. The first-order chi connectivity index (χ1) is 7.50. The lowest BCUT2D eigenvalue weighted by atomic mass is 9.67. The summed E-state index contributed by atoms with van der Waals surface area (Å²) in [4.78, 5) is 2.33. The highest BCUT2D eigenvalue weighted by Crippen LogP contribution is 2.44. The van der Waals surface area contributed by atoms with Gasteiger partial charge in [-0.1, -0.05) is 13.8 Å². The summed E-state index contributed by atoms with van der Waals surface area (Å²) in [5.41, 5.74) is 0.224. The zero-order valence-corrected chi connectivity index (χ0v) is 11.3. The van der Waals surface area contributed by atoms with Crippen molar-refractivity contribution in [3.8, 4) is 0 Å². The van der Waals surface area contributed by atoms with E-state index in [1.807, 2.05) is 0 Å². The number of alkyl halides is 1. The van der Waals surface area contributed by atoms with E-state index in [9.17, 15) is 0 Å². The Kier molecular flexibility index (Phi) is 3.79. The molecule has 1 saturated carbocycles. The van der Waals surface area contributed by atoms with Gasteiger partial charge in [0.15, 0.2) is 0 Å². The quantitative estimate of drug-likeness (QED) is 0.761. The lowest BCUT2D eigenvalue weighted by Crippen LogP contribution is -2.59. The van der Waals surface area contributed by atoms with Crippen molar-refractivity contribution in [3.63, 3.8) is 0 Å². The first-order valence-electron chi connectivity index (χ1n) is 6.17. The van der Waals surface area contributed by atoms with E-state index < -0.39 is 0 Å². The fourth-order valence-electron chi connectivity index (χ4n) is 2.48. The largest absolute Gasteiger partial charge is 0.374 e. The molecule has 0 bridgehead atoms. The second-order valence-electron chi connectivity index (χ2n) is 5.74. The van der Waals surface area contributed by atoms with Crippen molar-refractivity contribution in [2.24, 2.45) is 5.41 Å². The van der Waals surface area contributed by atoms with Gasteiger partial charge in [0.1, 0.15) is 0 Å². The highest BCUT2D eigenvalue weighted by molar-refractivity contribution is 6.21. The Balaban J connectivity index is 1.72. The number of rotatable bonds is 3. The summed E-state index contributed by atoms with van der Waals surface area (Å²) in [5, 5.41) is 3.91. The average molecular weight is 247 g/mol. The second kappa shape index (κ2) is 4.81. The molecule has 2 fully saturated rings. The molecule has 1 aliphatic heterocycles. The number of nitrogens with one attached hydrogen (secondary N) is 1. The first-order valence-corrected chi connectivity index (χ1v) is 6.61. The van der Waals surface area contributed by atoms with Crippen molar-refractivity contribution < 1.29 is 4.74 Å². The Hall–Kier alpha value is 0.170. The summed E-state index contributed by atoms with van der Waals surface area (Å²) < 4.78 is 5.73. The molecule has 1 N–H and O–H groups in total. The van der Waals surface area contributed by atoms with E-state index >= 15 is 0 Å². The Morgan fingerprint density at radius 2 is 2.25 bits per heavy atom. The molecule has 0 aromatic carbocycles. The number of likely N-dealkylation sites (N-methyl/N-ethyl adjacent to an activating group) is 1. The number of nitrogens with zero attached hydrogens (tertiary/aromatic N) is 1. The summed E-state index contributed by atoms with van der Waals surface area (Å²) in [6.45, 7) is 8.36. The zero-order chi connectivity index (χ0) is 11.8. The van der Waals surface area contributed by atoms with Gasteiger partial charge in [-0.3, -0.25) is 0 Å². The minimum atomic E-state index is 0.224. The van der Waals surface area contributed by atoms with Crippen LogP contribution in [0.15, 0.2) is 0 Å². The third-order valence-electron chi connectivity index (χ3n) is 4.08. The average Bonchev–Trinajstić information content (AvgIpc) is 2.24. The molecule has 0 aromatic heterocycles. The van der Waals surface area contributed by atoms with Gasteiger partial charge in [-0.05, 0) is 18.9 Å². The maximum absolute atomic E-state index is 6.20. The molecule has 0 radical (unpaired) electrons. The lowest BCUT2D eigenvalue weighted by Gasteiger charge is -2.50. The zero-order valence-electron chi connectivity index (χ0n) is 10.5. The van der Waals surface area contributed by atoms with E-state index in [4.69, 9.17) is 16.3 Å². The minimum Gasteiger partial charge on any atom is -0.374 e. The van der Waals surface area contributed by atoms with Gasteiger partial charge in [0, 0.05) is 31.1 Å². The van der Waals surface area contributed by atoms with E-state index in [0.29, 0.717) is 17.5 Å². The van der Waals surface area contributed by atoms with Crippen LogP contribution < -0.4 is 5.32 Å². The van der Waals surface area contributed by atoms with E-state index in [2.05, 4.69) is 31.1 Å². The molecule has 1 saturated heterocycles. The van der Waals surface area contributed by atoms with Crippen molar-refractivity contribution in [2.75, 3.05) is 33.3 Å². The summed E-state index contributed by atoms with van der Waals surface area (Å²) in [7, 11) is 2.15. The Bertz CT molecular complexity index is 247. The lowest BCUT2D eigenvalue weighted by molar-refractivity contribution is -0.0248. The van der Waals surface area contributed by atoms with Crippen molar-refractivity contribution in [2.45, 2.75) is 37.8 Å². The molecule has 0 aromatic rings. The number of hydrogen-bond acceptors (Lipinski definition) is 3. The van der Waals surface area contributed by atoms with Gasteiger partial charge in [-0.2, -0.15) is 0 Å². The van der Waals surface area contributed by atoms with Crippen LogP contribution in [0.2, 0.25) is 0 Å². The molecule has 3 unspecified atom stereocenters. The smallest absolute Gasteiger partial charge is 0.0826 e. The molecule has 2 aliphatic rings. The van der Waals surface area contributed by atoms with Gasteiger partial charge in [0.2, 0.25) is 0 Å². The molecule has 0 spiro atoms. The normalized spacial score (nSPS) is 39.4. The molecule has 3 nitrogen and oxygen atoms in total. The molecule has 94 valence electrons. The van der Waals surface area contributed by atoms with E-state index in [1.165, 1.54) is 0 Å². The van der Waals surface area contributed by atoms with Crippen molar-refractivity contribution in [3.05, 3.63) is 0 Å². The van der Waals surface area contributed by atoms with Crippen LogP contribution in [0.25, 0.3) is 0 Å². The maximum Gasteiger partial charge on any atom is 0.0826 e. The second-order valence-corrected chi connectivity index (χ2v) is 6.27.